The molecule has 0 bridgehead atoms. The van der Waals surface area contributed by atoms with Crippen molar-refractivity contribution in [2.24, 2.45) is 5.92 Å². The number of nitrogens with zero attached hydrogens (tertiary/aromatic N) is 2. The van der Waals surface area contributed by atoms with Crippen molar-refractivity contribution in [3.63, 3.8) is 0 Å². The Labute approximate surface area is 190 Å². The molecule has 3 rings (SSSR count). The van der Waals surface area contributed by atoms with E-state index in [0.29, 0.717) is 23.0 Å². The highest BCUT2D eigenvalue weighted by Crippen LogP contribution is 2.36. The Balaban J connectivity index is 1.90. The normalized spacial score (nSPS) is 17.1. The second-order valence-electron chi connectivity index (χ2n) is 9.08. The van der Waals surface area contributed by atoms with Crippen LogP contribution in [0.5, 0.6) is 0 Å². The molecule has 0 saturated carbocycles. The van der Waals surface area contributed by atoms with Gasteiger partial charge in [-0.1, -0.05) is 24.8 Å². The van der Waals surface area contributed by atoms with E-state index in [1.807, 2.05) is 20.8 Å². The number of aromatic nitrogens is 2. The molecule has 0 radical (unpaired) electrons. The smallest absolute Gasteiger partial charge is 0.321 e. The lowest BCUT2D eigenvalue weighted by Gasteiger charge is -2.21. The molecule has 31 heavy (non-hydrogen) atoms. The van der Waals surface area contributed by atoms with Crippen LogP contribution in [0.3, 0.4) is 0 Å². The fourth-order valence-corrected chi connectivity index (χ4v) is 5.92. The topological polar surface area (TPSA) is 93.1 Å². The van der Waals surface area contributed by atoms with Crippen molar-refractivity contribution in [3.05, 3.63) is 33.4 Å². The van der Waals surface area contributed by atoms with Gasteiger partial charge >= 0.3 is 6.03 Å². The van der Waals surface area contributed by atoms with Crippen molar-refractivity contribution in [1.29, 1.82) is 0 Å². The lowest BCUT2D eigenvalue weighted by molar-refractivity contribution is -0.119. The minimum Gasteiger partial charge on any atom is -0.333 e. The summed E-state index contributed by atoms with van der Waals surface area (Å²) < 4.78 is 1.57. The Kier molecular flexibility index (Phi) is 6.95. The summed E-state index contributed by atoms with van der Waals surface area (Å²) in [4.78, 5) is 44.6. The number of allylic oxidation sites excluding steroid dienone is 1. The van der Waals surface area contributed by atoms with Crippen LogP contribution in [0.4, 0.5) is 4.79 Å². The number of nitrogens with one attached hydrogen (secondary N) is 2. The molecule has 7 nitrogen and oxygen atoms in total. The zero-order valence-electron chi connectivity index (χ0n) is 18.7. The Hall–Kier alpha value is -2.13. The second-order valence-corrected chi connectivity index (χ2v) is 11.5. The van der Waals surface area contributed by atoms with Crippen molar-refractivity contribution < 1.29 is 9.59 Å². The van der Waals surface area contributed by atoms with Crippen LogP contribution in [0.1, 0.15) is 51.5 Å². The monoisotopic (exact) mass is 462 g/mol. The van der Waals surface area contributed by atoms with Gasteiger partial charge in [0.25, 0.3) is 5.56 Å². The van der Waals surface area contributed by atoms with E-state index in [-0.39, 0.29) is 5.56 Å². The van der Waals surface area contributed by atoms with Crippen LogP contribution in [0.25, 0.3) is 10.2 Å². The molecule has 1 aliphatic rings. The van der Waals surface area contributed by atoms with E-state index in [1.165, 1.54) is 16.6 Å². The van der Waals surface area contributed by atoms with Gasteiger partial charge in [0.05, 0.1) is 10.6 Å². The minimum absolute atomic E-state index is 0.0856. The first-order valence-corrected chi connectivity index (χ1v) is 12.2. The van der Waals surface area contributed by atoms with E-state index >= 15 is 0 Å². The van der Waals surface area contributed by atoms with E-state index in [2.05, 4.69) is 24.1 Å². The van der Waals surface area contributed by atoms with Gasteiger partial charge in [-0.05, 0) is 58.4 Å². The molecule has 9 heteroatoms. The van der Waals surface area contributed by atoms with E-state index < -0.39 is 22.7 Å². The molecule has 3 amide bonds. The van der Waals surface area contributed by atoms with Gasteiger partial charge in [0.1, 0.15) is 4.83 Å². The summed E-state index contributed by atoms with van der Waals surface area (Å²) >= 11 is 2.76. The number of carbonyl (C=O) groups is 2. The summed E-state index contributed by atoms with van der Waals surface area (Å²) in [7, 11) is 0. The highest BCUT2D eigenvalue weighted by Gasteiger charge is 2.26. The van der Waals surface area contributed by atoms with E-state index in [1.54, 1.807) is 28.9 Å². The Bertz CT molecular complexity index is 1080. The van der Waals surface area contributed by atoms with E-state index in [4.69, 9.17) is 4.98 Å². The molecule has 0 fully saturated rings. The number of hydrogen-bond acceptors (Lipinski definition) is 6. The van der Waals surface area contributed by atoms with Gasteiger partial charge in [-0.15, -0.1) is 17.9 Å². The summed E-state index contributed by atoms with van der Waals surface area (Å²) in [6.07, 6.45) is 4.60. The number of fused-ring (bicyclic) bond motifs is 3. The maximum absolute atomic E-state index is 13.3. The molecule has 0 aromatic carbocycles. The van der Waals surface area contributed by atoms with Crippen LogP contribution in [0.15, 0.2) is 22.6 Å². The zero-order valence-corrected chi connectivity index (χ0v) is 20.3. The molecule has 2 heterocycles. The molecule has 2 unspecified atom stereocenters. The highest BCUT2D eigenvalue weighted by molar-refractivity contribution is 8.00. The number of amides is 3. The van der Waals surface area contributed by atoms with Crippen molar-refractivity contribution in [1.82, 2.24) is 20.2 Å². The van der Waals surface area contributed by atoms with Gasteiger partial charge in [0, 0.05) is 17.0 Å². The first-order chi connectivity index (χ1) is 14.5. The standard InChI is InChI=1S/C22H30N4O3S2/c1-7-10-26-19(28)16-14-9-8-12(2)11-15(14)31-18(16)24-21(26)30-13(3)17(27)23-20(29)25-22(4,5)6/h7,12-13H,1,8-11H2,2-6H3,(H2,23,25,27,29). The number of thiophene rings is 1. The van der Waals surface area contributed by atoms with Crippen molar-refractivity contribution in [2.45, 2.75) is 76.4 Å². The average Bonchev–Trinajstić information content (AvgIpc) is 3.00. The third-order valence-electron chi connectivity index (χ3n) is 5.07. The molecule has 0 spiro atoms. The summed E-state index contributed by atoms with van der Waals surface area (Å²) in [6.45, 7) is 13.5. The maximum atomic E-state index is 13.3. The zero-order chi connectivity index (χ0) is 22.9. The van der Waals surface area contributed by atoms with Crippen LogP contribution >= 0.6 is 23.1 Å². The van der Waals surface area contributed by atoms with Gasteiger partial charge in [-0.3, -0.25) is 19.5 Å². The number of aryl methyl sites for hydroxylation is 1. The first kappa shape index (κ1) is 23.5. The summed E-state index contributed by atoms with van der Waals surface area (Å²) in [5.41, 5.74) is 0.597. The van der Waals surface area contributed by atoms with Crippen LogP contribution < -0.4 is 16.2 Å². The van der Waals surface area contributed by atoms with Crippen molar-refractivity contribution in [2.75, 3.05) is 0 Å². The van der Waals surface area contributed by atoms with Gasteiger partial charge in [0.2, 0.25) is 5.91 Å². The largest absolute Gasteiger partial charge is 0.333 e. The fourth-order valence-electron chi connectivity index (χ4n) is 3.58. The Morgan fingerprint density at radius 3 is 2.77 bits per heavy atom. The summed E-state index contributed by atoms with van der Waals surface area (Å²) in [5.74, 6) is 0.165. The molecule has 2 atom stereocenters. The lowest BCUT2D eigenvalue weighted by Crippen LogP contribution is -2.49. The van der Waals surface area contributed by atoms with Gasteiger partial charge < -0.3 is 5.32 Å². The summed E-state index contributed by atoms with van der Waals surface area (Å²) in [5, 5.41) is 5.62. The van der Waals surface area contributed by atoms with Gasteiger partial charge in [0.15, 0.2) is 5.16 Å². The Morgan fingerprint density at radius 2 is 2.13 bits per heavy atom. The number of carbonyl (C=O) groups excluding carboxylic acids is 2. The number of hydrogen-bond donors (Lipinski definition) is 2. The average molecular weight is 463 g/mol. The predicted octanol–water partition coefficient (Wildman–Crippen LogP) is 3.87. The molecular formula is C22H30N4O3S2. The Morgan fingerprint density at radius 1 is 1.42 bits per heavy atom. The first-order valence-electron chi connectivity index (χ1n) is 10.5. The third-order valence-corrected chi connectivity index (χ3v) is 7.31. The fraction of sp³-hybridized carbons (Fsp3) is 0.545. The maximum Gasteiger partial charge on any atom is 0.321 e. The number of urea groups is 1. The number of imide groups is 1. The minimum atomic E-state index is -0.610. The van der Waals surface area contributed by atoms with E-state index in [9.17, 15) is 14.4 Å². The van der Waals surface area contributed by atoms with E-state index in [0.717, 1.165) is 29.7 Å². The van der Waals surface area contributed by atoms with Crippen LogP contribution in [-0.2, 0) is 24.2 Å². The molecule has 0 saturated heterocycles. The number of thioether (sulfide) groups is 1. The molecule has 2 aromatic heterocycles. The quantitative estimate of drug-likeness (QED) is 0.400. The lowest BCUT2D eigenvalue weighted by atomic mass is 9.89. The molecule has 168 valence electrons. The molecular weight excluding hydrogens is 432 g/mol. The van der Waals surface area contributed by atoms with Crippen molar-refractivity contribution in [3.8, 4) is 0 Å². The summed E-state index contributed by atoms with van der Waals surface area (Å²) in [6, 6.07) is -0.545. The van der Waals surface area contributed by atoms with Gasteiger partial charge in [-0.2, -0.15) is 0 Å². The van der Waals surface area contributed by atoms with Crippen LogP contribution in [0, 0.1) is 5.92 Å². The third kappa shape index (κ3) is 5.38. The van der Waals surface area contributed by atoms with Crippen LogP contribution in [-0.4, -0.2) is 32.3 Å². The second kappa shape index (κ2) is 9.16. The predicted molar refractivity (Wildman–Crippen MR) is 127 cm³/mol. The van der Waals surface area contributed by atoms with Crippen molar-refractivity contribution >= 4 is 45.3 Å². The molecule has 0 aliphatic heterocycles. The van der Waals surface area contributed by atoms with Gasteiger partial charge in [-0.25, -0.2) is 9.78 Å². The molecule has 1 aliphatic carbocycles. The molecule has 2 N–H and O–H groups in total. The number of rotatable bonds is 5. The molecule has 2 aromatic rings. The van der Waals surface area contributed by atoms with Crippen LogP contribution in [0.2, 0.25) is 0 Å². The SMILES string of the molecule is C=CCn1c(SC(C)C(=O)NC(=O)NC(C)(C)C)nc2sc3c(c2c1=O)CCC(C)C3. The highest BCUT2D eigenvalue weighted by atomic mass is 32.2.